The Hall–Kier alpha value is -2.08. The molecular weight excluding hydrogens is 272 g/mol. The van der Waals surface area contributed by atoms with Crippen LogP contribution in [-0.2, 0) is 0 Å². The molecule has 20 heavy (non-hydrogen) atoms. The lowest BCUT2D eigenvalue weighted by Crippen LogP contribution is -2.21. The first-order valence-electron chi connectivity index (χ1n) is 6.05. The third-order valence-electron chi connectivity index (χ3n) is 2.62. The minimum atomic E-state index is -0.0696. The second-order valence-electron chi connectivity index (χ2n) is 4.60. The topological polar surface area (TPSA) is 72.1 Å². The van der Waals surface area contributed by atoms with Gasteiger partial charge >= 0.3 is 0 Å². The Morgan fingerprint density at radius 3 is 2.45 bits per heavy atom. The van der Waals surface area contributed by atoms with Gasteiger partial charge in [0.2, 0.25) is 0 Å². The van der Waals surface area contributed by atoms with Crippen molar-refractivity contribution in [1.29, 1.82) is 0 Å². The molecule has 0 radical (unpaired) electrons. The lowest BCUT2D eigenvalue weighted by Gasteiger charge is -2.12. The van der Waals surface area contributed by atoms with E-state index in [1.54, 1.807) is 38.6 Å². The summed E-state index contributed by atoms with van der Waals surface area (Å²) in [5.41, 5.74) is 8.12. The number of nitrogen functional groups attached to an aromatic ring is 1. The Kier molecular flexibility index (Phi) is 4.24. The number of hydrogen-bond donors (Lipinski definition) is 1. The van der Waals surface area contributed by atoms with Crippen molar-refractivity contribution in [2.75, 3.05) is 19.8 Å². The summed E-state index contributed by atoms with van der Waals surface area (Å²) < 4.78 is 0. The van der Waals surface area contributed by atoms with Gasteiger partial charge in [0.1, 0.15) is 0 Å². The molecule has 104 valence electrons. The van der Waals surface area contributed by atoms with Crippen molar-refractivity contribution in [3.8, 4) is 0 Å². The number of aromatic nitrogens is 2. The number of hydrogen-bond acceptors (Lipinski definition) is 5. The lowest BCUT2D eigenvalue weighted by molar-refractivity contribution is 0.0827. The zero-order chi connectivity index (χ0) is 14.7. The van der Waals surface area contributed by atoms with Gasteiger partial charge in [0.05, 0.1) is 0 Å². The van der Waals surface area contributed by atoms with Gasteiger partial charge in [-0.3, -0.25) is 4.79 Å². The zero-order valence-corrected chi connectivity index (χ0v) is 12.4. The van der Waals surface area contributed by atoms with Gasteiger partial charge in [-0.1, -0.05) is 0 Å². The molecule has 0 unspecified atom stereocenters. The highest BCUT2D eigenvalue weighted by Gasteiger charge is 2.11. The molecule has 5 nitrogen and oxygen atoms in total. The normalized spacial score (nSPS) is 10.3. The lowest BCUT2D eigenvalue weighted by atomic mass is 10.2. The predicted octanol–water partition coefficient (Wildman–Crippen LogP) is 2.22. The van der Waals surface area contributed by atoms with Crippen LogP contribution in [0.15, 0.2) is 40.6 Å². The van der Waals surface area contributed by atoms with Crippen LogP contribution in [0.2, 0.25) is 0 Å². The van der Waals surface area contributed by atoms with Gasteiger partial charge in [0.15, 0.2) is 5.16 Å². The highest BCUT2D eigenvalue weighted by molar-refractivity contribution is 7.99. The van der Waals surface area contributed by atoms with Crippen molar-refractivity contribution in [3.63, 3.8) is 0 Å². The standard InChI is InChI=1S/C14H16N4OS/c1-9-7-16-14(17-8-9)20-12-5-4-10(6-11(12)15)13(19)18(2)3/h4-8H,15H2,1-3H3. The molecule has 2 rings (SSSR count). The Morgan fingerprint density at radius 2 is 1.90 bits per heavy atom. The highest BCUT2D eigenvalue weighted by atomic mass is 32.2. The number of amides is 1. The zero-order valence-electron chi connectivity index (χ0n) is 11.6. The summed E-state index contributed by atoms with van der Waals surface area (Å²) in [6, 6.07) is 5.26. The number of aryl methyl sites for hydroxylation is 1. The van der Waals surface area contributed by atoms with E-state index in [4.69, 9.17) is 5.73 Å². The monoisotopic (exact) mass is 288 g/mol. The predicted molar refractivity (Wildman–Crippen MR) is 79.8 cm³/mol. The molecule has 1 heterocycles. The van der Waals surface area contributed by atoms with E-state index in [1.165, 1.54) is 16.7 Å². The Balaban J connectivity index is 2.22. The van der Waals surface area contributed by atoms with Gasteiger partial charge in [-0.05, 0) is 42.4 Å². The number of carbonyl (C=O) groups excluding carboxylic acids is 1. The number of benzene rings is 1. The van der Waals surface area contributed by atoms with E-state index in [0.29, 0.717) is 16.4 Å². The SMILES string of the molecule is Cc1cnc(Sc2ccc(C(=O)N(C)C)cc2N)nc1. The molecule has 1 aromatic heterocycles. The van der Waals surface area contributed by atoms with E-state index in [1.807, 2.05) is 13.0 Å². The van der Waals surface area contributed by atoms with Crippen LogP contribution in [0, 0.1) is 6.92 Å². The van der Waals surface area contributed by atoms with Gasteiger partial charge in [0, 0.05) is 42.6 Å². The van der Waals surface area contributed by atoms with Crippen LogP contribution in [0.4, 0.5) is 5.69 Å². The summed E-state index contributed by atoms with van der Waals surface area (Å²) >= 11 is 1.38. The molecule has 1 aromatic carbocycles. The minimum absolute atomic E-state index is 0.0696. The van der Waals surface area contributed by atoms with E-state index in [-0.39, 0.29) is 5.91 Å². The molecule has 0 fully saturated rings. The van der Waals surface area contributed by atoms with Crippen LogP contribution < -0.4 is 5.73 Å². The van der Waals surface area contributed by atoms with Gasteiger partial charge < -0.3 is 10.6 Å². The van der Waals surface area contributed by atoms with Gasteiger partial charge in [0.25, 0.3) is 5.91 Å². The highest BCUT2D eigenvalue weighted by Crippen LogP contribution is 2.30. The largest absolute Gasteiger partial charge is 0.398 e. The average Bonchev–Trinajstić information content (AvgIpc) is 2.42. The van der Waals surface area contributed by atoms with Crippen molar-refractivity contribution in [2.45, 2.75) is 17.0 Å². The number of nitrogens with zero attached hydrogens (tertiary/aromatic N) is 3. The first kappa shape index (κ1) is 14.3. The van der Waals surface area contributed by atoms with Crippen molar-refractivity contribution in [3.05, 3.63) is 41.7 Å². The van der Waals surface area contributed by atoms with E-state index < -0.39 is 0 Å². The van der Waals surface area contributed by atoms with Crippen molar-refractivity contribution in [1.82, 2.24) is 14.9 Å². The number of nitrogens with two attached hydrogens (primary N) is 1. The van der Waals surface area contributed by atoms with Crippen LogP contribution in [0.1, 0.15) is 15.9 Å². The fraction of sp³-hybridized carbons (Fsp3) is 0.214. The smallest absolute Gasteiger partial charge is 0.253 e. The third kappa shape index (κ3) is 3.27. The first-order chi connectivity index (χ1) is 9.47. The number of carbonyl (C=O) groups is 1. The molecule has 0 aliphatic heterocycles. The molecule has 2 aromatic rings. The molecule has 0 aliphatic rings. The van der Waals surface area contributed by atoms with Crippen LogP contribution in [0.25, 0.3) is 0 Å². The Morgan fingerprint density at radius 1 is 1.25 bits per heavy atom. The molecule has 1 amide bonds. The summed E-state index contributed by atoms with van der Waals surface area (Å²) in [5.74, 6) is -0.0696. The quantitative estimate of drug-likeness (QED) is 0.692. The van der Waals surface area contributed by atoms with E-state index in [2.05, 4.69) is 9.97 Å². The van der Waals surface area contributed by atoms with Crippen LogP contribution in [-0.4, -0.2) is 34.9 Å². The van der Waals surface area contributed by atoms with Crippen molar-refractivity contribution < 1.29 is 4.79 Å². The molecule has 0 bridgehead atoms. The molecule has 0 spiro atoms. The van der Waals surface area contributed by atoms with Gasteiger partial charge in [-0.15, -0.1) is 0 Å². The molecule has 0 saturated heterocycles. The van der Waals surface area contributed by atoms with Crippen molar-refractivity contribution in [2.24, 2.45) is 0 Å². The van der Waals surface area contributed by atoms with Gasteiger partial charge in [-0.2, -0.15) is 0 Å². The molecule has 0 aliphatic carbocycles. The first-order valence-corrected chi connectivity index (χ1v) is 6.86. The molecule has 2 N–H and O–H groups in total. The second-order valence-corrected chi connectivity index (χ2v) is 5.61. The molecule has 0 atom stereocenters. The van der Waals surface area contributed by atoms with Crippen LogP contribution in [0.3, 0.4) is 0 Å². The average molecular weight is 288 g/mol. The molecular formula is C14H16N4OS. The summed E-state index contributed by atoms with van der Waals surface area (Å²) in [7, 11) is 3.42. The molecule has 0 saturated carbocycles. The maximum Gasteiger partial charge on any atom is 0.253 e. The fourth-order valence-electron chi connectivity index (χ4n) is 1.56. The minimum Gasteiger partial charge on any atom is -0.398 e. The van der Waals surface area contributed by atoms with Crippen LogP contribution in [0.5, 0.6) is 0 Å². The van der Waals surface area contributed by atoms with E-state index in [0.717, 1.165) is 10.5 Å². The second kappa shape index (κ2) is 5.92. The maximum atomic E-state index is 11.8. The summed E-state index contributed by atoms with van der Waals surface area (Å²) in [4.78, 5) is 22.6. The van der Waals surface area contributed by atoms with Gasteiger partial charge in [-0.25, -0.2) is 9.97 Å². The fourth-order valence-corrected chi connectivity index (χ4v) is 2.28. The Bertz CT molecular complexity index is 626. The molecule has 6 heteroatoms. The summed E-state index contributed by atoms with van der Waals surface area (Å²) in [6.07, 6.45) is 3.52. The third-order valence-corrected chi connectivity index (χ3v) is 3.61. The van der Waals surface area contributed by atoms with E-state index in [9.17, 15) is 4.79 Å². The van der Waals surface area contributed by atoms with Crippen LogP contribution >= 0.6 is 11.8 Å². The van der Waals surface area contributed by atoms with E-state index >= 15 is 0 Å². The van der Waals surface area contributed by atoms with Crippen molar-refractivity contribution >= 4 is 23.4 Å². The maximum absolute atomic E-state index is 11.8. The Labute approximate surface area is 122 Å². The number of anilines is 1. The summed E-state index contributed by atoms with van der Waals surface area (Å²) in [5, 5.41) is 0.633. The number of rotatable bonds is 3. The summed E-state index contributed by atoms with van der Waals surface area (Å²) in [6.45, 7) is 1.93.